The van der Waals surface area contributed by atoms with Gasteiger partial charge in [-0.15, -0.1) is 0 Å². The molecule has 3 rings (SSSR count). The predicted octanol–water partition coefficient (Wildman–Crippen LogP) is 5.45. The molecule has 2 N–H and O–H groups in total. The van der Waals surface area contributed by atoms with Crippen LogP contribution in [0.25, 0.3) is 0 Å². The second-order valence-corrected chi connectivity index (χ2v) is 6.16. The molecule has 0 amide bonds. The molecular weight excluding hydrogens is 366 g/mol. The number of hydrogen-bond acceptors (Lipinski definition) is 3. The number of anilines is 1. The molecule has 0 aromatic heterocycles. The lowest BCUT2D eigenvalue weighted by Crippen LogP contribution is -2.23. The van der Waals surface area contributed by atoms with Crippen molar-refractivity contribution in [1.82, 2.24) is 5.43 Å². The molecule has 0 fully saturated rings. The Morgan fingerprint density at radius 3 is 2.15 bits per heavy atom. The van der Waals surface area contributed by atoms with Gasteiger partial charge in [-0.05, 0) is 78.4 Å². The number of benzene rings is 3. The summed E-state index contributed by atoms with van der Waals surface area (Å²) < 4.78 is 5.75. The lowest BCUT2D eigenvalue weighted by molar-refractivity contribution is 0.482. The Bertz CT molecular complexity index is 881. The fourth-order valence-electron chi connectivity index (χ4n) is 2.11. The maximum absolute atomic E-state index is 5.86. The Hall–Kier alpha value is -2.89. The molecule has 4 nitrogen and oxygen atoms in total. The highest BCUT2D eigenvalue weighted by Gasteiger charge is 1.98. The summed E-state index contributed by atoms with van der Waals surface area (Å²) in [5, 5.41) is 8.28. The van der Waals surface area contributed by atoms with Gasteiger partial charge in [-0.25, -0.2) is 0 Å². The first-order valence-corrected chi connectivity index (χ1v) is 8.66. The zero-order valence-corrected chi connectivity index (χ0v) is 15.3. The molecule has 0 bridgehead atoms. The van der Waals surface area contributed by atoms with Crippen molar-refractivity contribution >= 4 is 40.8 Å². The Balaban J connectivity index is 1.51. The summed E-state index contributed by atoms with van der Waals surface area (Å²) in [7, 11) is 0. The highest BCUT2D eigenvalue weighted by Crippen LogP contribution is 2.23. The van der Waals surface area contributed by atoms with Crippen LogP contribution in [-0.2, 0) is 0 Å². The van der Waals surface area contributed by atoms with Crippen LogP contribution < -0.4 is 15.5 Å². The molecule has 0 spiro atoms. The molecule has 0 saturated heterocycles. The minimum absolute atomic E-state index is 0.426. The maximum atomic E-state index is 5.86. The van der Waals surface area contributed by atoms with Crippen LogP contribution in [0.2, 0.25) is 5.02 Å². The summed E-state index contributed by atoms with van der Waals surface area (Å²) in [6.07, 6.45) is 1.69. The van der Waals surface area contributed by atoms with Gasteiger partial charge in [-0.3, -0.25) is 5.43 Å². The van der Waals surface area contributed by atoms with Gasteiger partial charge in [0.05, 0.1) is 6.21 Å². The van der Waals surface area contributed by atoms with Crippen LogP contribution in [0, 0.1) is 0 Å². The van der Waals surface area contributed by atoms with Gasteiger partial charge in [0.15, 0.2) is 5.11 Å². The normalized spacial score (nSPS) is 10.5. The highest BCUT2D eigenvalue weighted by molar-refractivity contribution is 7.80. The van der Waals surface area contributed by atoms with Crippen molar-refractivity contribution in [1.29, 1.82) is 0 Å². The average Bonchev–Trinajstić information content (AvgIpc) is 2.66. The topological polar surface area (TPSA) is 45.7 Å². The average molecular weight is 382 g/mol. The monoisotopic (exact) mass is 381 g/mol. The third-order valence-corrected chi connectivity index (χ3v) is 3.79. The maximum Gasteiger partial charge on any atom is 0.191 e. The van der Waals surface area contributed by atoms with Crippen LogP contribution in [0.1, 0.15) is 5.56 Å². The van der Waals surface area contributed by atoms with E-state index < -0.39 is 0 Å². The Morgan fingerprint density at radius 2 is 1.50 bits per heavy atom. The minimum atomic E-state index is 0.426. The number of rotatable bonds is 5. The van der Waals surface area contributed by atoms with Crippen LogP contribution in [0.3, 0.4) is 0 Å². The predicted molar refractivity (Wildman–Crippen MR) is 111 cm³/mol. The SMILES string of the molecule is S=C(N/N=C/c1ccc(Oc2ccc(Cl)cc2)cc1)Nc1ccccc1. The molecule has 0 radical (unpaired) electrons. The van der Waals surface area contributed by atoms with Crippen LogP contribution in [0.15, 0.2) is 84.0 Å². The first-order valence-electron chi connectivity index (χ1n) is 7.88. The van der Waals surface area contributed by atoms with Gasteiger partial charge in [-0.2, -0.15) is 5.10 Å². The zero-order valence-electron chi connectivity index (χ0n) is 13.7. The highest BCUT2D eigenvalue weighted by atomic mass is 35.5. The number of nitrogens with one attached hydrogen (secondary N) is 2. The van der Waals surface area contributed by atoms with Crippen LogP contribution in [0.5, 0.6) is 11.5 Å². The van der Waals surface area contributed by atoms with Crippen molar-refractivity contribution in [2.24, 2.45) is 5.10 Å². The standard InChI is InChI=1S/C20H16ClN3OS/c21-16-8-12-19(13-9-16)25-18-10-6-15(7-11-18)14-22-24-20(26)23-17-4-2-1-3-5-17/h1-14H,(H2,23,24,26)/b22-14+. The third-order valence-electron chi connectivity index (χ3n) is 3.34. The van der Waals surface area contributed by atoms with E-state index in [-0.39, 0.29) is 0 Å². The largest absolute Gasteiger partial charge is 0.457 e. The van der Waals surface area contributed by atoms with Crippen LogP contribution in [-0.4, -0.2) is 11.3 Å². The van der Waals surface area contributed by atoms with Crippen molar-refractivity contribution in [3.63, 3.8) is 0 Å². The zero-order chi connectivity index (χ0) is 18.2. The van der Waals surface area contributed by atoms with Gasteiger partial charge >= 0.3 is 0 Å². The molecule has 3 aromatic rings. The number of ether oxygens (including phenoxy) is 1. The molecule has 0 atom stereocenters. The minimum Gasteiger partial charge on any atom is -0.457 e. The lowest BCUT2D eigenvalue weighted by Gasteiger charge is -2.07. The van der Waals surface area contributed by atoms with E-state index in [9.17, 15) is 0 Å². The van der Waals surface area contributed by atoms with Gasteiger partial charge < -0.3 is 10.1 Å². The third kappa shape index (κ3) is 5.58. The fourth-order valence-corrected chi connectivity index (χ4v) is 2.40. The lowest BCUT2D eigenvalue weighted by atomic mass is 10.2. The van der Waals surface area contributed by atoms with E-state index in [4.69, 9.17) is 28.6 Å². The van der Waals surface area contributed by atoms with Crippen molar-refractivity contribution in [3.05, 3.63) is 89.4 Å². The number of thiocarbonyl (C=S) groups is 1. The van der Waals surface area contributed by atoms with E-state index in [1.807, 2.05) is 66.7 Å². The van der Waals surface area contributed by atoms with E-state index in [1.165, 1.54) is 0 Å². The van der Waals surface area contributed by atoms with E-state index in [1.54, 1.807) is 18.3 Å². The fraction of sp³-hybridized carbons (Fsp3) is 0. The number of para-hydroxylation sites is 1. The molecule has 0 heterocycles. The van der Waals surface area contributed by atoms with E-state index in [0.717, 1.165) is 22.7 Å². The van der Waals surface area contributed by atoms with E-state index >= 15 is 0 Å². The first-order chi connectivity index (χ1) is 12.7. The second-order valence-electron chi connectivity index (χ2n) is 5.32. The van der Waals surface area contributed by atoms with E-state index in [2.05, 4.69) is 15.8 Å². The Morgan fingerprint density at radius 1 is 0.885 bits per heavy atom. The number of nitrogens with zero attached hydrogens (tertiary/aromatic N) is 1. The quantitative estimate of drug-likeness (QED) is 0.350. The van der Waals surface area contributed by atoms with Gasteiger partial charge in [0.2, 0.25) is 0 Å². The molecule has 3 aromatic carbocycles. The molecule has 0 unspecified atom stereocenters. The second kappa shape index (κ2) is 8.99. The molecule has 26 heavy (non-hydrogen) atoms. The summed E-state index contributed by atoms with van der Waals surface area (Å²) in [6, 6.07) is 24.4. The Kier molecular flexibility index (Phi) is 6.19. The molecule has 0 saturated carbocycles. The molecular formula is C20H16ClN3OS. The smallest absolute Gasteiger partial charge is 0.191 e. The summed E-state index contributed by atoms with van der Waals surface area (Å²) >= 11 is 11.1. The Labute approximate surface area is 162 Å². The van der Waals surface area contributed by atoms with Gasteiger partial charge in [0.25, 0.3) is 0 Å². The van der Waals surface area contributed by atoms with Crippen molar-refractivity contribution in [3.8, 4) is 11.5 Å². The molecule has 0 aliphatic carbocycles. The summed E-state index contributed by atoms with van der Waals surface area (Å²) in [6.45, 7) is 0. The van der Waals surface area contributed by atoms with Gasteiger partial charge in [-0.1, -0.05) is 29.8 Å². The number of hydrazone groups is 1. The summed E-state index contributed by atoms with van der Waals surface area (Å²) in [4.78, 5) is 0. The summed E-state index contributed by atoms with van der Waals surface area (Å²) in [5.41, 5.74) is 4.61. The molecule has 0 aliphatic rings. The van der Waals surface area contributed by atoms with Crippen molar-refractivity contribution < 1.29 is 4.74 Å². The van der Waals surface area contributed by atoms with E-state index in [0.29, 0.717) is 10.1 Å². The van der Waals surface area contributed by atoms with Gasteiger partial charge in [0.1, 0.15) is 11.5 Å². The number of halogens is 1. The summed E-state index contributed by atoms with van der Waals surface area (Å²) in [5.74, 6) is 1.47. The van der Waals surface area contributed by atoms with Crippen molar-refractivity contribution in [2.75, 3.05) is 5.32 Å². The molecule has 0 aliphatic heterocycles. The van der Waals surface area contributed by atoms with Crippen LogP contribution in [0.4, 0.5) is 5.69 Å². The number of hydrogen-bond donors (Lipinski definition) is 2. The molecule has 130 valence electrons. The van der Waals surface area contributed by atoms with Crippen LogP contribution >= 0.6 is 23.8 Å². The van der Waals surface area contributed by atoms with Gasteiger partial charge in [0, 0.05) is 10.7 Å². The molecule has 6 heteroatoms. The first kappa shape index (κ1) is 17.9. The van der Waals surface area contributed by atoms with Crippen molar-refractivity contribution in [2.45, 2.75) is 0 Å².